The minimum Gasteiger partial charge on any atom is -0.457 e. The first-order chi connectivity index (χ1) is 10.8. The molecule has 0 aliphatic rings. The molecule has 0 aliphatic heterocycles. The van der Waals surface area contributed by atoms with Crippen molar-refractivity contribution in [3.63, 3.8) is 0 Å². The van der Waals surface area contributed by atoms with Gasteiger partial charge in [0.25, 0.3) is 5.91 Å². The second-order valence-corrected chi connectivity index (χ2v) is 6.32. The number of esters is 1. The van der Waals surface area contributed by atoms with Crippen LogP contribution in [0.5, 0.6) is 0 Å². The zero-order valence-electron chi connectivity index (χ0n) is 13.8. The fraction of sp³-hybridized carbons (Fsp3) is 0.333. The zero-order chi connectivity index (χ0) is 17.0. The van der Waals surface area contributed by atoms with Crippen LogP contribution in [0, 0.1) is 0 Å². The Morgan fingerprint density at radius 2 is 1.78 bits per heavy atom. The lowest BCUT2D eigenvalue weighted by molar-refractivity contribution is -0.130. The van der Waals surface area contributed by atoms with Crippen molar-refractivity contribution < 1.29 is 18.7 Å². The van der Waals surface area contributed by atoms with Crippen molar-refractivity contribution in [3.05, 3.63) is 48.4 Å². The van der Waals surface area contributed by atoms with E-state index in [1.165, 1.54) is 13.2 Å². The van der Waals surface area contributed by atoms with Crippen molar-refractivity contribution in [1.82, 2.24) is 5.32 Å². The molecule has 0 radical (unpaired) electrons. The molecule has 0 bridgehead atoms. The maximum absolute atomic E-state index is 12.3. The molecule has 5 nitrogen and oxygen atoms in total. The van der Waals surface area contributed by atoms with Gasteiger partial charge in [0, 0.05) is 11.1 Å². The lowest BCUT2D eigenvalue weighted by Gasteiger charge is -2.23. The van der Waals surface area contributed by atoms with Gasteiger partial charge in [0.2, 0.25) is 5.76 Å². The van der Waals surface area contributed by atoms with Crippen molar-refractivity contribution in [2.45, 2.75) is 39.3 Å². The third-order valence-corrected chi connectivity index (χ3v) is 3.09. The molecule has 1 heterocycles. The first-order valence-electron chi connectivity index (χ1n) is 7.44. The van der Waals surface area contributed by atoms with Gasteiger partial charge < -0.3 is 14.5 Å². The predicted octanol–water partition coefficient (Wildman–Crippen LogP) is 3.41. The van der Waals surface area contributed by atoms with Crippen LogP contribution in [0.3, 0.4) is 0 Å². The van der Waals surface area contributed by atoms with Gasteiger partial charge in [-0.15, -0.1) is 0 Å². The summed E-state index contributed by atoms with van der Waals surface area (Å²) in [7, 11) is 0. The van der Waals surface area contributed by atoms with Gasteiger partial charge in [0.05, 0.1) is 6.26 Å². The SMILES string of the molecule is CC(OC(=O)c1occc1-c1ccccc1)C(=O)NC(C)(C)C. The van der Waals surface area contributed by atoms with Gasteiger partial charge in [-0.3, -0.25) is 4.79 Å². The van der Waals surface area contributed by atoms with Gasteiger partial charge in [-0.05, 0) is 39.3 Å². The molecule has 5 heteroatoms. The van der Waals surface area contributed by atoms with E-state index in [1.807, 2.05) is 51.1 Å². The van der Waals surface area contributed by atoms with Crippen LogP contribution in [-0.4, -0.2) is 23.5 Å². The summed E-state index contributed by atoms with van der Waals surface area (Å²) < 4.78 is 10.5. The molecule has 122 valence electrons. The highest BCUT2D eigenvalue weighted by molar-refractivity contribution is 5.96. The van der Waals surface area contributed by atoms with Crippen LogP contribution in [0.2, 0.25) is 0 Å². The number of benzene rings is 1. The Morgan fingerprint density at radius 1 is 1.13 bits per heavy atom. The lowest BCUT2D eigenvalue weighted by Crippen LogP contribution is -2.46. The highest BCUT2D eigenvalue weighted by Gasteiger charge is 2.25. The number of furan rings is 1. The summed E-state index contributed by atoms with van der Waals surface area (Å²) in [4.78, 5) is 24.3. The van der Waals surface area contributed by atoms with E-state index in [1.54, 1.807) is 6.07 Å². The molecule has 0 saturated heterocycles. The van der Waals surface area contributed by atoms with E-state index in [2.05, 4.69) is 5.32 Å². The van der Waals surface area contributed by atoms with Crippen molar-refractivity contribution >= 4 is 11.9 Å². The average Bonchev–Trinajstić information content (AvgIpc) is 2.95. The van der Waals surface area contributed by atoms with Crippen LogP contribution in [0.25, 0.3) is 11.1 Å². The van der Waals surface area contributed by atoms with E-state index in [9.17, 15) is 9.59 Å². The number of carbonyl (C=O) groups is 2. The van der Waals surface area contributed by atoms with Crippen molar-refractivity contribution in [2.24, 2.45) is 0 Å². The second kappa shape index (κ2) is 6.69. The van der Waals surface area contributed by atoms with E-state index >= 15 is 0 Å². The van der Waals surface area contributed by atoms with Crippen LogP contribution < -0.4 is 5.32 Å². The Bertz CT molecular complexity index is 683. The predicted molar refractivity (Wildman–Crippen MR) is 86.9 cm³/mol. The van der Waals surface area contributed by atoms with Crippen LogP contribution in [0.4, 0.5) is 0 Å². The number of amides is 1. The summed E-state index contributed by atoms with van der Waals surface area (Å²) >= 11 is 0. The molecule has 1 atom stereocenters. The van der Waals surface area contributed by atoms with Crippen LogP contribution in [-0.2, 0) is 9.53 Å². The first-order valence-corrected chi connectivity index (χ1v) is 7.44. The largest absolute Gasteiger partial charge is 0.457 e. The van der Waals surface area contributed by atoms with Gasteiger partial charge in [-0.1, -0.05) is 30.3 Å². The minimum atomic E-state index is -0.907. The Morgan fingerprint density at radius 3 is 2.39 bits per heavy atom. The maximum atomic E-state index is 12.3. The topological polar surface area (TPSA) is 68.5 Å². The summed E-state index contributed by atoms with van der Waals surface area (Å²) in [5, 5.41) is 2.77. The fourth-order valence-corrected chi connectivity index (χ4v) is 2.05. The summed E-state index contributed by atoms with van der Waals surface area (Å²) in [5.41, 5.74) is 1.09. The average molecular weight is 315 g/mol. The number of hydrogen-bond donors (Lipinski definition) is 1. The fourth-order valence-electron chi connectivity index (χ4n) is 2.05. The molecule has 1 aromatic carbocycles. The summed E-state index contributed by atoms with van der Waals surface area (Å²) in [6.45, 7) is 7.11. The van der Waals surface area contributed by atoms with E-state index in [4.69, 9.17) is 9.15 Å². The van der Waals surface area contributed by atoms with E-state index < -0.39 is 17.6 Å². The molecule has 1 N–H and O–H groups in total. The van der Waals surface area contributed by atoms with Crippen molar-refractivity contribution in [1.29, 1.82) is 0 Å². The Labute approximate surface area is 135 Å². The van der Waals surface area contributed by atoms with Crippen LogP contribution >= 0.6 is 0 Å². The molecule has 0 saturated carbocycles. The van der Waals surface area contributed by atoms with Crippen molar-refractivity contribution in [2.75, 3.05) is 0 Å². The van der Waals surface area contributed by atoms with E-state index in [-0.39, 0.29) is 11.7 Å². The summed E-state index contributed by atoms with van der Waals surface area (Å²) in [6.07, 6.45) is 0.522. The minimum absolute atomic E-state index is 0.0895. The summed E-state index contributed by atoms with van der Waals surface area (Å²) in [6, 6.07) is 11.1. The normalized spacial score (nSPS) is 12.5. The lowest BCUT2D eigenvalue weighted by atomic mass is 10.1. The van der Waals surface area contributed by atoms with Gasteiger partial charge in [0.1, 0.15) is 0 Å². The molecular formula is C18H21NO4. The molecule has 0 spiro atoms. The van der Waals surface area contributed by atoms with Crippen LogP contribution in [0.1, 0.15) is 38.2 Å². The summed E-state index contributed by atoms with van der Waals surface area (Å²) in [5.74, 6) is -0.921. The Kier molecular flexibility index (Phi) is 4.89. The zero-order valence-corrected chi connectivity index (χ0v) is 13.8. The number of nitrogens with one attached hydrogen (secondary N) is 1. The quantitative estimate of drug-likeness (QED) is 0.878. The highest BCUT2D eigenvalue weighted by Crippen LogP contribution is 2.25. The molecule has 23 heavy (non-hydrogen) atoms. The Hall–Kier alpha value is -2.56. The molecule has 0 aliphatic carbocycles. The molecule has 1 aromatic heterocycles. The third kappa shape index (κ3) is 4.45. The van der Waals surface area contributed by atoms with Crippen LogP contribution in [0.15, 0.2) is 47.1 Å². The smallest absolute Gasteiger partial charge is 0.375 e. The molecule has 1 unspecified atom stereocenters. The first kappa shape index (κ1) is 16.8. The number of carbonyl (C=O) groups excluding carboxylic acids is 2. The number of hydrogen-bond acceptors (Lipinski definition) is 4. The number of rotatable bonds is 4. The number of ether oxygens (including phenoxy) is 1. The second-order valence-electron chi connectivity index (χ2n) is 6.32. The molecule has 2 rings (SSSR count). The van der Waals surface area contributed by atoms with Gasteiger partial charge in [-0.25, -0.2) is 4.79 Å². The van der Waals surface area contributed by atoms with Crippen molar-refractivity contribution in [3.8, 4) is 11.1 Å². The molecular weight excluding hydrogens is 294 g/mol. The maximum Gasteiger partial charge on any atom is 0.375 e. The molecule has 1 amide bonds. The molecule has 2 aromatic rings. The van der Waals surface area contributed by atoms with Gasteiger partial charge in [-0.2, -0.15) is 0 Å². The third-order valence-electron chi connectivity index (χ3n) is 3.09. The van der Waals surface area contributed by atoms with E-state index in [0.717, 1.165) is 5.56 Å². The van der Waals surface area contributed by atoms with E-state index in [0.29, 0.717) is 5.56 Å². The standard InChI is InChI=1S/C18H21NO4/c1-12(16(20)19-18(2,3)4)23-17(21)15-14(10-11-22-15)13-8-6-5-7-9-13/h5-12H,1-4H3,(H,19,20). The highest BCUT2D eigenvalue weighted by atomic mass is 16.6. The molecule has 0 fully saturated rings. The van der Waals surface area contributed by atoms with Gasteiger partial charge >= 0.3 is 5.97 Å². The Balaban J connectivity index is 2.11. The monoisotopic (exact) mass is 315 g/mol. The van der Waals surface area contributed by atoms with Gasteiger partial charge in [0.15, 0.2) is 6.10 Å².